The van der Waals surface area contributed by atoms with E-state index in [4.69, 9.17) is 4.42 Å². The zero-order valence-electron chi connectivity index (χ0n) is 15.3. The Morgan fingerprint density at radius 3 is 2.64 bits per heavy atom. The second-order valence-corrected chi connectivity index (χ2v) is 9.47. The monoisotopic (exact) mass is 416 g/mol. The number of quaternary nitrogens is 1. The lowest BCUT2D eigenvalue weighted by Gasteiger charge is -2.30. The van der Waals surface area contributed by atoms with Crippen LogP contribution in [0.15, 0.2) is 63.9 Å². The average molecular weight is 417 g/mol. The average Bonchev–Trinajstić information content (AvgIpc) is 3.40. The van der Waals surface area contributed by atoms with Crippen molar-refractivity contribution in [3.63, 3.8) is 0 Å². The number of hydrogen-bond donors (Lipinski definition) is 1. The molecule has 1 aromatic carbocycles. The van der Waals surface area contributed by atoms with Gasteiger partial charge < -0.3 is 9.32 Å². The third-order valence-corrected chi connectivity index (χ3v) is 7.16. The molecule has 3 aromatic rings. The number of nitrogens with zero attached hydrogens (tertiary/aromatic N) is 2. The van der Waals surface area contributed by atoms with Gasteiger partial charge in [0.1, 0.15) is 18.5 Å². The minimum absolute atomic E-state index is 0.506. The van der Waals surface area contributed by atoms with Gasteiger partial charge in [-0.25, -0.2) is 13.4 Å². The van der Waals surface area contributed by atoms with Crippen LogP contribution in [0.4, 0.5) is 0 Å². The van der Waals surface area contributed by atoms with Crippen molar-refractivity contribution in [3.05, 3.63) is 70.8 Å². The van der Waals surface area contributed by atoms with Crippen LogP contribution < -0.4 is 4.90 Å². The fourth-order valence-electron chi connectivity index (χ4n) is 3.21. The Labute approximate surface area is 168 Å². The zero-order chi connectivity index (χ0) is 19.4. The maximum absolute atomic E-state index is 12.6. The summed E-state index contributed by atoms with van der Waals surface area (Å²) in [6.07, 6.45) is 3.35. The molecule has 0 aliphatic carbocycles. The van der Waals surface area contributed by atoms with E-state index < -0.39 is 10.0 Å². The normalized spacial score (nSPS) is 16.7. The van der Waals surface area contributed by atoms with Gasteiger partial charge in [-0.1, -0.05) is 36.4 Å². The van der Waals surface area contributed by atoms with Crippen LogP contribution in [0.1, 0.15) is 11.3 Å². The van der Waals surface area contributed by atoms with E-state index in [0.29, 0.717) is 19.0 Å². The lowest BCUT2D eigenvalue weighted by atomic mass is 10.2. The number of benzene rings is 1. The van der Waals surface area contributed by atoms with Gasteiger partial charge in [-0.15, -0.1) is 11.3 Å². The van der Waals surface area contributed by atoms with Gasteiger partial charge in [0, 0.05) is 5.41 Å². The topological polar surface area (TPSA) is 67.8 Å². The number of nitrogens with one attached hydrogen (secondary N) is 1. The molecule has 1 aliphatic heterocycles. The molecule has 1 saturated heterocycles. The van der Waals surface area contributed by atoms with Crippen LogP contribution >= 0.6 is 11.3 Å². The van der Waals surface area contributed by atoms with Crippen molar-refractivity contribution in [3.8, 4) is 10.8 Å². The highest BCUT2D eigenvalue weighted by Gasteiger charge is 2.28. The highest BCUT2D eigenvalue weighted by molar-refractivity contribution is 7.92. The molecule has 0 radical (unpaired) electrons. The molecule has 28 heavy (non-hydrogen) atoms. The molecule has 6 nitrogen and oxygen atoms in total. The first-order chi connectivity index (χ1) is 13.6. The Bertz CT molecular complexity index is 1020. The highest BCUT2D eigenvalue weighted by atomic mass is 32.2. The van der Waals surface area contributed by atoms with Gasteiger partial charge in [0.25, 0.3) is 0 Å². The van der Waals surface area contributed by atoms with Crippen molar-refractivity contribution in [1.82, 2.24) is 9.29 Å². The lowest BCUT2D eigenvalue weighted by molar-refractivity contribution is -0.917. The largest absolute Gasteiger partial charge is 0.443 e. The summed E-state index contributed by atoms with van der Waals surface area (Å²) in [6.45, 7) is 3.25. The number of rotatable bonds is 6. The molecule has 0 saturated carbocycles. The SMILES string of the molecule is O=S(=O)(/C=C/c1ccccc1)N1CC[NH+](Cc2coc(-c3cccs3)n2)CC1. The summed E-state index contributed by atoms with van der Waals surface area (Å²) in [4.78, 5) is 6.88. The van der Waals surface area contributed by atoms with Crippen molar-refractivity contribution in [2.75, 3.05) is 26.2 Å². The number of sulfonamides is 1. The first-order valence-corrected chi connectivity index (χ1v) is 11.5. The van der Waals surface area contributed by atoms with Gasteiger partial charge in [-0.2, -0.15) is 4.31 Å². The molecule has 3 heterocycles. The van der Waals surface area contributed by atoms with Crippen molar-refractivity contribution >= 4 is 27.4 Å². The minimum atomic E-state index is -3.40. The number of thiophene rings is 1. The number of aromatic nitrogens is 1. The summed E-state index contributed by atoms with van der Waals surface area (Å²) in [7, 11) is -3.40. The summed E-state index contributed by atoms with van der Waals surface area (Å²) in [5.41, 5.74) is 1.78. The summed E-state index contributed by atoms with van der Waals surface area (Å²) in [6, 6.07) is 13.4. The third kappa shape index (κ3) is 4.59. The van der Waals surface area contributed by atoms with E-state index in [1.807, 2.05) is 47.8 Å². The maximum atomic E-state index is 12.6. The predicted molar refractivity (Wildman–Crippen MR) is 110 cm³/mol. The second kappa shape index (κ2) is 8.40. The highest BCUT2D eigenvalue weighted by Crippen LogP contribution is 2.23. The smallest absolute Gasteiger partial charge is 0.236 e. The molecule has 146 valence electrons. The predicted octanol–water partition coefficient (Wildman–Crippen LogP) is 2.10. The maximum Gasteiger partial charge on any atom is 0.236 e. The Balaban J connectivity index is 1.32. The molecule has 0 bridgehead atoms. The molecule has 0 spiro atoms. The lowest BCUT2D eigenvalue weighted by Crippen LogP contribution is -3.13. The van der Waals surface area contributed by atoms with Crippen molar-refractivity contribution in [2.24, 2.45) is 0 Å². The number of hydrogen-bond acceptors (Lipinski definition) is 5. The van der Waals surface area contributed by atoms with Crippen LogP contribution in [0, 0.1) is 0 Å². The van der Waals surface area contributed by atoms with Gasteiger partial charge in [0.15, 0.2) is 0 Å². The van der Waals surface area contributed by atoms with Crippen LogP contribution in [0.5, 0.6) is 0 Å². The van der Waals surface area contributed by atoms with Gasteiger partial charge in [-0.3, -0.25) is 0 Å². The summed E-state index contributed by atoms with van der Waals surface area (Å²) >= 11 is 1.60. The standard InChI is InChI=1S/C20H21N3O3S2/c24-28(25,14-8-17-5-2-1-3-6-17)23-11-9-22(10-12-23)15-18-16-26-20(21-18)19-7-4-13-27-19/h1-8,13-14,16H,9-12,15H2/p+1/b14-8+. The van der Waals surface area contributed by atoms with Gasteiger partial charge in [0.2, 0.25) is 15.9 Å². The number of oxazole rings is 1. The Morgan fingerprint density at radius 2 is 1.93 bits per heavy atom. The Kier molecular flexibility index (Phi) is 5.72. The molecule has 4 rings (SSSR count). The first-order valence-electron chi connectivity index (χ1n) is 9.15. The molecular formula is C20H22N3O3S2+. The summed E-state index contributed by atoms with van der Waals surface area (Å²) in [5.74, 6) is 0.650. The zero-order valence-corrected chi connectivity index (χ0v) is 17.0. The van der Waals surface area contributed by atoms with Gasteiger partial charge in [-0.05, 0) is 23.1 Å². The van der Waals surface area contributed by atoms with Crippen LogP contribution in [0.3, 0.4) is 0 Å². The van der Waals surface area contributed by atoms with E-state index in [0.717, 1.165) is 35.8 Å². The molecule has 1 fully saturated rings. The van der Waals surface area contributed by atoms with Crippen LogP contribution in [0.2, 0.25) is 0 Å². The van der Waals surface area contributed by atoms with Crippen molar-refractivity contribution < 1.29 is 17.7 Å². The Hall–Kier alpha value is -2.26. The molecule has 0 unspecified atom stereocenters. The first kappa shape index (κ1) is 19.1. The minimum Gasteiger partial charge on any atom is -0.443 e. The molecule has 2 aromatic heterocycles. The quantitative estimate of drug-likeness (QED) is 0.668. The Morgan fingerprint density at radius 1 is 1.14 bits per heavy atom. The van der Waals surface area contributed by atoms with Crippen LogP contribution in [0.25, 0.3) is 16.8 Å². The van der Waals surface area contributed by atoms with Gasteiger partial charge >= 0.3 is 0 Å². The van der Waals surface area contributed by atoms with E-state index >= 15 is 0 Å². The van der Waals surface area contributed by atoms with E-state index in [9.17, 15) is 8.42 Å². The second-order valence-electron chi connectivity index (χ2n) is 6.71. The van der Waals surface area contributed by atoms with E-state index in [2.05, 4.69) is 4.98 Å². The van der Waals surface area contributed by atoms with Crippen LogP contribution in [-0.4, -0.2) is 43.9 Å². The molecular weight excluding hydrogens is 394 g/mol. The van der Waals surface area contributed by atoms with Gasteiger partial charge in [0.05, 0.1) is 31.1 Å². The number of piperazine rings is 1. The molecule has 1 aliphatic rings. The van der Waals surface area contributed by atoms with Crippen LogP contribution in [-0.2, 0) is 16.6 Å². The third-order valence-electron chi connectivity index (χ3n) is 4.74. The van der Waals surface area contributed by atoms with E-state index in [1.165, 1.54) is 10.3 Å². The van der Waals surface area contributed by atoms with E-state index in [1.54, 1.807) is 28.0 Å². The fraction of sp³-hybridized carbons (Fsp3) is 0.250. The molecule has 0 amide bonds. The summed E-state index contributed by atoms with van der Waals surface area (Å²) in [5, 5.41) is 3.30. The summed E-state index contributed by atoms with van der Waals surface area (Å²) < 4.78 is 32.2. The van der Waals surface area contributed by atoms with Crippen molar-refractivity contribution in [2.45, 2.75) is 6.54 Å². The molecule has 0 atom stereocenters. The fourth-order valence-corrected chi connectivity index (χ4v) is 5.05. The van der Waals surface area contributed by atoms with E-state index in [-0.39, 0.29) is 0 Å². The molecule has 1 N–H and O–H groups in total. The van der Waals surface area contributed by atoms with Crippen molar-refractivity contribution in [1.29, 1.82) is 0 Å². The molecule has 8 heteroatoms.